The van der Waals surface area contributed by atoms with Gasteiger partial charge >= 0.3 is 0 Å². The number of amides is 1. The van der Waals surface area contributed by atoms with Gasteiger partial charge in [-0.1, -0.05) is 46.3 Å². The zero-order valence-corrected chi connectivity index (χ0v) is 14.9. The smallest absolute Gasteiger partial charge is 0.243 e. The van der Waals surface area contributed by atoms with Gasteiger partial charge in [0.15, 0.2) is 0 Å². The molecule has 0 saturated carbocycles. The second-order valence-electron chi connectivity index (χ2n) is 6.02. The van der Waals surface area contributed by atoms with Gasteiger partial charge in [0, 0.05) is 16.6 Å². The number of halogens is 2. The molecular formula is C19H15BrFN3O. The largest absolute Gasteiger partial charge is 0.331 e. The first-order valence-electron chi connectivity index (χ1n) is 7.93. The second-order valence-corrected chi connectivity index (χ2v) is 6.87. The van der Waals surface area contributed by atoms with Gasteiger partial charge in [-0.15, -0.1) is 0 Å². The molecule has 0 aliphatic carbocycles. The van der Waals surface area contributed by atoms with Crippen molar-refractivity contribution in [3.63, 3.8) is 0 Å². The van der Waals surface area contributed by atoms with Gasteiger partial charge < -0.3 is 9.47 Å². The Labute approximate surface area is 153 Å². The van der Waals surface area contributed by atoms with Crippen LogP contribution in [-0.4, -0.2) is 20.4 Å². The van der Waals surface area contributed by atoms with Crippen LogP contribution in [-0.2, 0) is 24.4 Å². The maximum Gasteiger partial charge on any atom is 0.243 e. The topological polar surface area (TPSA) is 38.1 Å². The summed E-state index contributed by atoms with van der Waals surface area (Å²) in [5.74, 6) is 0.547. The predicted octanol–water partition coefficient (Wildman–Crippen LogP) is 3.99. The lowest BCUT2D eigenvalue weighted by Gasteiger charge is -2.29. The number of hydrogen-bond donors (Lipinski definition) is 0. The van der Waals surface area contributed by atoms with E-state index in [9.17, 15) is 9.18 Å². The van der Waals surface area contributed by atoms with Crippen molar-refractivity contribution in [3.8, 4) is 11.4 Å². The fraction of sp³-hybridized carbons (Fsp3) is 0.158. The first kappa shape index (κ1) is 16.0. The molecule has 1 aromatic heterocycles. The SMILES string of the molecule is O=C1Cn2c(cnc2-c2ccccc2Br)CN1Cc1ccc(F)cc1. The van der Waals surface area contributed by atoms with E-state index in [1.807, 2.05) is 35.0 Å². The predicted molar refractivity (Wildman–Crippen MR) is 96.0 cm³/mol. The van der Waals surface area contributed by atoms with E-state index in [1.54, 1.807) is 17.0 Å². The van der Waals surface area contributed by atoms with E-state index in [-0.39, 0.29) is 18.3 Å². The highest BCUT2D eigenvalue weighted by molar-refractivity contribution is 9.10. The van der Waals surface area contributed by atoms with Gasteiger partial charge in [-0.3, -0.25) is 4.79 Å². The summed E-state index contributed by atoms with van der Waals surface area (Å²) in [5, 5.41) is 0. The molecule has 0 atom stereocenters. The number of carbonyl (C=O) groups excluding carboxylic acids is 1. The fourth-order valence-electron chi connectivity index (χ4n) is 3.04. The molecule has 0 unspecified atom stereocenters. The van der Waals surface area contributed by atoms with Crippen LogP contribution in [0.4, 0.5) is 4.39 Å². The van der Waals surface area contributed by atoms with E-state index in [1.165, 1.54) is 12.1 Å². The molecule has 0 N–H and O–H groups in total. The average molecular weight is 400 g/mol. The maximum atomic E-state index is 13.0. The molecule has 0 radical (unpaired) electrons. The van der Waals surface area contributed by atoms with Crippen molar-refractivity contribution < 1.29 is 9.18 Å². The molecule has 25 heavy (non-hydrogen) atoms. The first-order valence-corrected chi connectivity index (χ1v) is 8.72. The summed E-state index contributed by atoms with van der Waals surface area (Å²) in [6.07, 6.45) is 1.82. The average Bonchev–Trinajstić information content (AvgIpc) is 3.00. The third kappa shape index (κ3) is 3.09. The molecule has 0 saturated heterocycles. The highest BCUT2D eigenvalue weighted by Crippen LogP contribution is 2.29. The van der Waals surface area contributed by atoms with Gasteiger partial charge in [-0.2, -0.15) is 0 Å². The monoisotopic (exact) mass is 399 g/mol. The van der Waals surface area contributed by atoms with E-state index >= 15 is 0 Å². The zero-order valence-electron chi connectivity index (χ0n) is 13.3. The van der Waals surface area contributed by atoms with Crippen molar-refractivity contribution in [2.75, 3.05) is 0 Å². The summed E-state index contributed by atoms with van der Waals surface area (Å²) < 4.78 is 16.0. The standard InChI is InChI=1S/C19H15BrFN3O/c20-17-4-2-1-3-16(17)19-22-9-15-11-23(18(25)12-24(15)19)10-13-5-7-14(21)8-6-13/h1-9H,10-12H2. The van der Waals surface area contributed by atoms with Crippen LogP contribution in [0.1, 0.15) is 11.3 Å². The number of hydrogen-bond acceptors (Lipinski definition) is 2. The quantitative estimate of drug-likeness (QED) is 0.667. The molecule has 0 fully saturated rings. The Bertz CT molecular complexity index is 936. The molecule has 2 aromatic carbocycles. The molecule has 6 heteroatoms. The molecule has 3 aromatic rings. The Balaban J connectivity index is 1.61. The molecule has 1 aliphatic rings. The van der Waals surface area contributed by atoms with Crippen LogP contribution in [0.5, 0.6) is 0 Å². The van der Waals surface area contributed by atoms with Crippen LogP contribution in [0.15, 0.2) is 59.2 Å². The Morgan fingerprint density at radius 1 is 1.08 bits per heavy atom. The van der Waals surface area contributed by atoms with E-state index < -0.39 is 0 Å². The molecule has 4 rings (SSSR count). The van der Waals surface area contributed by atoms with E-state index in [4.69, 9.17) is 0 Å². The van der Waals surface area contributed by atoms with Gasteiger partial charge in [0.05, 0.1) is 18.4 Å². The molecular weight excluding hydrogens is 385 g/mol. The number of aromatic nitrogens is 2. The first-order chi connectivity index (χ1) is 12.1. The van der Waals surface area contributed by atoms with Gasteiger partial charge in [0.25, 0.3) is 0 Å². The third-order valence-electron chi connectivity index (χ3n) is 4.34. The summed E-state index contributed by atoms with van der Waals surface area (Å²) >= 11 is 3.54. The number of benzene rings is 2. The molecule has 4 nitrogen and oxygen atoms in total. The molecule has 0 bridgehead atoms. The number of rotatable bonds is 3. The second kappa shape index (κ2) is 6.44. The van der Waals surface area contributed by atoms with Crippen LogP contribution in [0, 0.1) is 5.82 Å². The molecule has 0 spiro atoms. The number of carbonyl (C=O) groups is 1. The molecule has 1 amide bonds. The zero-order chi connectivity index (χ0) is 17.4. The fourth-order valence-corrected chi connectivity index (χ4v) is 3.51. The Hall–Kier alpha value is -2.47. The van der Waals surface area contributed by atoms with Crippen LogP contribution >= 0.6 is 15.9 Å². The summed E-state index contributed by atoms with van der Waals surface area (Å²) in [4.78, 5) is 18.9. The van der Waals surface area contributed by atoms with Crippen molar-refractivity contribution in [2.24, 2.45) is 0 Å². The van der Waals surface area contributed by atoms with E-state index in [0.717, 1.165) is 27.1 Å². The number of imidazole rings is 1. The van der Waals surface area contributed by atoms with Crippen molar-refractivity contribution in [2.45, 2.75) is 19.6 Å². The van der Waals surface area contributed by atoms with Crippen molar-refractivity contribution in [1.82, 2.24) is 14.5 Å². The van der Waals surface area contributed by atoms with Gasteiger partial charge in [0.2, 0.25) is 5.91 Å². The minimum Gasteiger partial charge on any atom is -0.331 e. The highest BCUT2D eigenvalue weighted by atomic mass is 79.9. The highest BCUT2D eigenvalue weighted by Gasteiger charge is 2.26. The summed E-state index contributed by atoms with van der Waals surface area (Å²) in [7, 11) is 0. The van der Waals surface area contributed by atoms with Gasteiger partial charge in [0.1, 0.15) is 18.2 Å². The summed E-state index contributed by atoms with van der Waals surface area (Å²) in [5.41, 5.74) is 2.87. The van der Waals surface area contributed by atoms with Crippen LogP contribution < -0.4 is 0 Å². The van der Waals surface area contributed by atoms with Crippen molar-refractivity contribution >= 4 is 21.8 Å². The summed E-state index contributed by atoms with van der Waals surface area (Å²) in [6, 6.07) is 14.1. The minimum absolute atomic E-state index is 0.0307. The van der Waals surface area contributed by atoms with Gasteiger partial charge in [-0.25, -0.2) is 9.37 Å². The summed E-state index contributed by atoms with van der Waals surface area (Å²) in [6.45, 7) is 1.22. The lowest BCUT2D eigenvalue weighted by Crippen LogP contribution is -2.38. The molecule has 126 valence electrons. The number of fused-ring (bicyclic) bond motifs is 1. The van der Waals surface area contributed by atoms with Crippen LogP contribution in [0.25, 0.3) is 11.4 Å². The number of nitrogens with zero attached hydrogens (tertiary/aromatic N) is 3. The van der Waals surface area contributed by atoms with Crippen LogP contribution in [0.2, 0.25) is 0 Å². The van der Waals surface area contributed by atoms with Crippen molar-refractivity contribution in [3.05, 3.63) is 76.3 Å². The van der Waals surface area contributed by atoms with Gasteiger partial charge in [-0.05, 0) is 23.8 Å². The normalized spacial score (nSPS) is 13.8. The Morgan fingerprint density at radius 2 is 1.84 bits per heavy atom. The Kier molecular flexibility index (Phi) is 4.13. The van der Waals surface area contributed by atoms with E-state index in [0.29, 0.717) is 13.1 Å². The van der Waals surface area contributed by atoms with E-state index in [2.05, 4.69) is 20.9 Å². The van der Waals surface area contributed by atoms with Crippen molar-refractivity contribution in [1.29, 1.82) is 0 Å². The third-order valence-corrected chi connectivity index (χ3v) is 5.03. The maximum absolute atomic E-state index is 13.0. The molecule has 2 heterocycles. The minimum atomic E-state index is -0.273. The Morgan fingerprint density at radius 3 is 2.60 bits per heavy atom. The molecule has 1 aliphatic heterocycles. The lowest BCUT2D eigenvalue weighted by molar-refractivity contribution is -0.134. The van der Waals surface area contributed by atoms with Crippen LogP contribution in [0.3, 0.4) is 0 Å². The lowest BCUT2D eigenvalue weighted by atomic mass is 10.1.